The largest absolute Gasteiger partial charge is 0.471 e. The summed E-state index contributed by atoms with van der Waals surface area (Å²) in [4.78, 5) is 17.6. The summed E-state index contributed by atoms with van der Waals surface area (Å²) in [6.45, 7) is 0.618. The highest BCUT2D eigenvalue weighted by Gasteiger charge is 2.35. The molecule has 7 heteroatoms. The molecule has 0 bridgehead atoms. The normalized spacial score (nSPS) is 14.9. The number of amides is 1. The molecule has 1 saturated heterocycles. The van der Waals surface area contributed by atoms with E-state index in [-0.39, 0.29) is 17.9 Å². The molecule has 2 heterocycles. The second-order valence-electron chi connectivity index (χ2n) is 6.37. The zero-order valence-electron chi connectivity index (χ0n) is 14.1. The van der Waals surface area contributed by atoms with E-state index in [2.05, 4.69) is 4.98 Å². The Morgan fingerprint density at radius 1 is 1.00 bits per heavy atom. The molecule has 3 aromatic rings. The standard InChI is InChI=1S/C20H15F3N2O2/c21-20(22,23)17-6-3-7-18(24-17)27-16-11-25(12-16)19(26)15-9-8-13-4-1-2-5-14(13)10-15/h1-10,16H,11-12H2. The number of ether oxygens (including phenoxy) is 1. The SMILES string of the molecule is O=C(c1ccc2ccccc2c1)N1CC(Oc2cccc(C(F)(F)F)n2)C1. The molecule has 0 unspecified atom stereocenters. The number of nitrogens with zero attached hydrogens (tertiary/aromatic N) is 2. The van der Waals surface area contributed by atoms with Gasteiger partial charge in [0.25, 0.3) is 5.91 Å². The van der Waals surface area contributed by atoms with Crippen molar-refractivity contribution in [3.63, 3.8) is 0 Å². The monoisotopic (exact) mass is 372 g/mol. The second-order valence-corrected chi connectivity index (χ2v) is 6.37. The van der Waals surface area contributed by atoms with Crippen molar-refractivity contribution in [2.45, 2.75) is 12.3 Å². The van der Waals surface area contributed by atoms with E-state index >= 15 is 0 Å². The van der Waals surface area contributed by atoms with Crippen molar-refractivity contribution in [3.8, 4) is 5.88 Å². The summed E-state index contributed by atoms with van der Waals surface area (Å²) in [5.74, 6) is -0.217. The van der Waals surface area contributed by atoms with E-state index in [1.54, 1.807) is 11.0 Å². The molecule has 0 spiro atoms. The fourth-order valence-corrected chi connectivity index (χ4v) is 2.99. The van der Waals surface area contributed by atoms with Crippen LogP contribution in [0, 0.1) is 0 Å². The molecule has 4 nitrogen and oxygen atoms in total. The van der Waals surface area contributed by atoms with Crippen LogP contribution < -0.4 is 4.74 Å². The third kappa shape index (κ3) is 3.58. The van der Waals surface area contributed by atoms with E-state index in [1.165, 1.54) is 12.1 Å². The molecule has 0 saturated carbocycles. The smallest absolute Gasteiger partial charge is 0.433 e. The quantitative estimate of drug-likeness (QED) is 0.693. The van der Waals surface area contributed by atoms with Gasteiger partial charge in [0.1, 0.15) is 11.8 Å². The molecule has 0 atom stereocenters. The Bertz CT molecular complexity index is 998. The van der Waals surface area contributed by atoms with Crippen LogP contribution >= 0.6 is 0 Å². The van der Waals surface area contributed by atoms with Crippen LogP contribution in [0.25, 0.3) is 10.8 Å². The number of benzene rings is 2. The van der Waals surface area contributed by atoms with Crippen molar-refractivity contribution in [2.75, 3.05) is 13.1 Å². The van der Waals surface area contributed by atoms with E-state index in [0.717, 1.165) is 16.8 Å². The van der Waals surface area contributed by atoms with Crippen LogP contribution in [0.1, 0.15) is 16.1 Å². The Morgan fingerprint density at radius 3 is 2.48 bits per heavy atom. The molecule has 1 aliphatic heterocycles. The molecule has 1 aliphatic rings. The number of carbonyl (C=O) groups is 1. The maximum Gasteiger partial charge on any atom is 0.433 e. The van der Waals surface area contributed by atoms with E-state index in [1.807, 2.05) is 36.4 Å². The van der Waals surface area contributed by atoms with Crippen LogP contribution in [-0.4, -0.2) is 35.0 Å². The van der Waals surface area contributed by atoms with Gasteiger partial charge in [0.05, 0.1) is 13.1 Å². The lowest BCUT2D eigenvalue weighted by atomic mass is 10.0. The predicted octanol–water partition coefficient (Wildman–Crippen LogP) is 4.16. The Kier molecular flexibility index (Phi) is 4.22. The fraction of sp³-hybridized carbons (Fsp3) is 0.200. The van der Waals surface area contributed by atoms with E-state index in [4.69, 9.17) is 4.74 Å². The van der Waals surface area contributed by atoms with Gasteiger partial charge in [-0.2, -0.15) is 13.2 Å². The molecular weight excluding hydrogens is 357 g/mol. The van der Waals surface area contributed by atoms with E-state index in [0.29, 0.717) is 18.7 Å². The summed E-state index contributed by atoms with van der Waals surface area (Å²) in [7, 11) is 0. The van der Waals surface area contributed by atoms with Crippen molar-refractivity contribution < 1.29 is 22.7 Å². The molecule has 1 aromatic heterocycles. The molecule has 1 amide bonds. The molecule has 0 radical (unpaired) electrons. The maximum atomic E-state index is 12.7. The highest BCUT2D eigenvalue weighted by Crippen LogP contribution is 2.29. The predicted molar refractivity (Wildman–Crippen MR) is 93.5 cm³/mol. The maximum absolute atomic E-state index is 12.7. The molecule has 27 heavy (non-hydrogen) atoms. The Balaban J connectivity index is 1.39. The molecule has 2 aromatic carbocycles. The number of hydrogen-bond acceptors (Lipinski definition) is 3. The zero-order valence-corrected chi connectivity index (χ0v) is 14.1. The number of halogens is 3. The first kappa shape index (κ1) is 17.3. The zero-order chi connectivity index (χ0) is 19.0. The molecule has 0 N–H and O–H groups in total. The summed E-state index contributed by atoms with van der Waals surface area (Å²) in [5.41, 5.74) is -0.423. The van der Waals surface area contributed by atoms with Gasteiger partial charge < -0.3 is 9.64 Å². The molecule has 4 rings (SSSR count). The van der Waals surface area contributed by atoms with Crippen LogP contribution in [0.2, 0.25) is 0 Å². The topological polar surface area (TPSA) is 42.4 Å². The summed E-state index contributed by atoms with van der Waals surface area (Å²) >= 11 is 0. The number of aromatic nitrogens is 1. The number of rotatable bonds is 3. The van der Waals surface area contributed by atoms with E-state index < -0.39 is 11.9 Å². The van der Waals surface area contributed by atoms with Gasteiger partial charge in [-0.25, -0.2) is 4.98 Å². The van der Waals surface area contributed by atoms with Gasteiger partial charge in [0.2, 0.25) is 5.88 Å². The highest BCUT2D eigenvalue weighted by molar-refractivity contribution is 5.99. The van der Waals surface area contributed by atoms with Crippen molar-refractivity contribution >= 4 is 16.7 Å². The summed E-state index contributed by atoms with van der Waals surface area (Å²) in [6.07, 6.45) is -4.89. The molecular formula is C20H15F3N2O2. The fourth-order valence-electron chi connectivity index (χ4n) is 2.99. The van der Waals surface area contributed by atoms with Crippen LogP contribution in [-0.2, 0) is 6.18 Å². The van der Waals surface area contributed by atoms with Gasteiger partial charge >= 0.3 is 6.18 Å². The van der Waals surface area contributed by atoms with Gasteiger partial charge in [0.15, 0.2) is 0 Å². The lowest BCUT2D eigenvalue weighted by Gasteiger charge is -2.38. The van der Waals surface area contributed by atoms with Crippen molar-refractivity contribution in [3.05, 3.63) is 71.9 Å². The summed E-state index contributed by atoms with van der Waals surface area (Å²) in [6, 6.07) is 16.8. The van der Waals surface area contributed by atoms with Crippen LogP contribution in [0.15, 0.2) is 60.7 Å². The van der Waals surface area contributed by atoms with Crippen LogP contribution in [0.4, 0.5) is 13.2 Å². The highest BCUT2D eigenvalue weighted by atomic mass is 19.4. The number of hydrogen-bond donors (Lipinski definition) is 0. The Labute approximate surface area is 153 Å². The minimum Gasteiger partial charge on any atom is -0.471 e. The molecule has 138 valence electrons. The minimum atomic E-state index is -4.52. The van der Waals surface area contributed by atoms with Crippen molar-refractivity contribution in [1.82, 2.24) is 9.88 Å². The van der Waals surface area contributed by atoms with Gasteiger partial charge in [-0.3, -0.25) is 4.79 Å². The number of pyridine rings is 1. The van der Waals surface area contributed by atoms with E-state index in [9.17, 15) is 18.0 Å². The number of likely N-dealkylation sites (tertiary alicyclic amines) is 1. The first-order valence-electron chi connectivity index (χ1n) is 8.39. The Hall–Kier alpha value is -3.09. The minimum absolute atomic E-state index is 0.0902. The third-order valence-electron chi connectivity index (χ3n) is 4.43. The Morgan fingerprint density at radius 2 is 1.74 bits per heavy atom. The average Bonchev–Trinajstić information content (AvgIpc) is 2.63. The second kappa shape index (κ2) is 6.57. The van der Waals surface area contributed by atoms with Crippen LogP contribution in [0.5, 0.6) is 5.88 Å². The average molecular weight is 372 g/mol. The lowest BCUT2D eigenvalue weighted by Crippen LogP contribution is -2.56. The number of carbonyl (C=O) groups excluding carboxylic acids is 1. The lowest BCUT2D eigenvalue weighted by molar-refractivity contribution is -0.141. The first-order chi connectivity index (χ1) is 12.9. The van der Waals surface area contributed by atoms with Gasteiger partial charge in [-0.1, -0.05) is 36.4 Å². The van der Waals surface area contributed by atoms with Crippen molar-refractivity contribution in [1.29, 1.82) is 0 Å². The van der Waals surface area contributed by atoms with Crippen LogP contribution in [0.3, 0.4) is 0 Å². The van der Waals surface area contributed by atoms with Crippen molar-refractivity contribution in [2.24, 2.45) is 0 Å². The third-order valence-corrected chi connectivity index (χ3v) is 4.43. The van der Waals surface area contributed by atoms with Gasteiger partial charge in [0, 0.05) is 11.6 Å². The number of fused-ring (bicyclic) bond motifs is 1. The number of alkyl halides is 3. The summed E-state index contributed by atoms with van der Waals surface area (Å²) in [5, 5.41) is 2.03. The molecule has 1 fully saturated rings. The van der Waals surface area contributed by atoms with Gasteiger partial charge in [-0.05, 0) is 29.0 Å². The first-order valence-corrected chi connectivity index (χ1v) is 8.39. The molecule has 0 aliphatic carbocycles. The van der Waals surface area contributed by atoms with Gasteiger partial charge in [-0.15, -0.1) is 0 Å². The summed E-state index contributed by atoms with van der Waals surface area (Å²) < 4.78 is 43.6.